The molecule has 2 N–H and O–H groups in total. The molecular formula is C27H24Cl2N4O3. The summed E-state index contributed by atoms with van der Waals surface area (Å²) in [4.78, 5) is 30.9. The van der Waals surface area contributed by atoms with E-state index >= 15 is 0 Å². The highest BCUT2D eigenvalue weighted by Crippen LogP contribution is 2.44. The summed E-state index contributed by atoms with van der Waals surface area (Å²) in [5.41, 5.74) is 3.25. The van der Waals surface area contributed by atoms with Gasteiger partial charge in [-0.15, -0.1) is 0 Å². The summed E-state index contributed by atoms with van der Waals surface area (Å²) in [6, 6.07) is 12.2. The third kappa shape index (κ3) is 3.66. The Hall–Kier alpha value is -3.10. The molecule has 0 unspecified atom stereocenters. The second-order valence-corrected chi connectivity index (χ2v) is 10.3. The highest BCUT2D eigenvalue weighted by Gasteiger charge is 2.35. The van der Waals surface area contributed by atoms with Crippen LogP contribution in [0.3, 0.4) is 0 Å². The van der Waals surface area contributed by atoms with E-state index in [-0.39, 0.29) is 16.9 Å². The first-order valence-corrected chi connectivity index (χ1v) is 12.6. The quantitative estimate of drug-likeness (QED) is 0.383. The first kappa shape index (κ1) is 23.3. The van der Waals surface area contributed by atoms with Crippen LogP contribution in [0.4, 0.5) is 0 Å². The number of nitrogens with one attached hydrogen (secondary N) is 1. The summed E-state index contributed by atoms with van der Waals surface area (Å²) < 4.78 is 2.16. The number of nitrogens with zero attached hydrogens (tertiary/aromatic N) is 3. The molecule has 184 valence electrons. The van der Waals surface area contributed by atoms with Crippen LogP contribution >= 0.6 is 23.2 Å². The van der Waals surface area contributed by atoms with E-state index in [1.54, 1.807) is 30.3 Å². The highest BCUT2D eigenvalue weighted by molar-refractivity contribution is 6.41. The lowest BCUT2D eigenvalue weighted by atomic mass is 9.92. The third-order valence-electron chi connectivity index (χ3n) is 7.29. The van der Waals surface area contributed by atoms with Gasteiger partial charge in [-0.2, -0.15) is 0 Å². The van der Waals surface area contributed by atoms with Gasteiger partial charge >= 0.3 is 0 Å². The van der Waals surface area contributed by atoms with Gasteiger partial charge < -0.3 is 14.6 Å². The molecule has 1 saturated heterocycles. The van der Waals surface area contributed by atoms with E-state index in [4.69, 9.17) is 23.2 Å². The standard InChI is InChI=1S/C27H24Cl2N4O3/c1-31-7-9-32(10-8-31)11-12-33-20-6-5-15(34)13-16(20)23-21(33)14-17(22-18(28)3-2-4-19(22)29)24-25(23)27(36)30-26(24)35/h2-6,13-14,34H,7-12H2,1H3,(H,30,35,36). The van der Waals surface area contributed by atoms with Crippen LogP contribution < -0.4 is 5.32 Å². The Morgan fingerprint density at radius 1 is 0.861 bits per heavy atom. The smallest absolute Gasteiger partial charge is 0.259 e. The number of aromatic nitrogens is 1. The van der Waals surface area contributed by atoms with Crippen LogP contribution in [0.2, 0.25) is 10.0 Å². The van der Waals surface area contributed by atoms with Crippen LogP contribution in [0, 0.1) is 0 Å². The summed E-state index contributed by atoms with van der Waals surface area (Å²) in [6.45, 7) is 5.52. The molecule has 1 aromatic heterocycles. The molecular weight excluding hydrogens is 499 g/mol. The number of imide groups is 1. The minimum Gasteiger partial charge on any atom is -0.508 e. The van der Waals surface area contributed by atoms with Crippen LogP contribution in [0.1, 0.15) is 20.7 Å². The summed E-state index contributed by atoms with van der Waals surface area (Å²) in [6.07, 6.45) is 0. The lowest BCUT2D eigenvalue weighted by Crippen LogP contribution is -2.45. The number of amides is 2. The number of phenolic OH excluding ortho intramolecular Hbond substituents is 1. The third-order valence-corrected chi connectivity index (χ3v) is 7.92. The largest absolute Gasteiger partial charge is 0.508 e. The molecule has 3 heterocycles. The molecule has 6 rings (SSSR count). The van der Waals surface area contributed by atoms with Crippen molar-refractivity contribution in [3.63, 3.8) is 0 Å². The zero-order chi connectivity index (χ0) is 25.1. The number of piperazine rings is 1. The SMILES string of the molecule is CN1CCN(CCn2c3ccc(O)cc3c3c4c(c(-c5c(Cl)cccc5Cl)cc32)C(=O)NC4=O)CC1. The first-order chi connectivity index (χ1) is 17.3. The maximum Gasteiger partial charge on any atom is 0.259 e. The molecule has 0 atom stereocenters. The lowest BCUT2D eigenvalue weighted by molar-refractivity contribution is 0.0880. The van der Waals surface area contributed by atoms with Gasteiger partial charge in [-0.1, -0.05) is 29.3 Å². The van der Waals surface area contributed by atoms with Crippen LogP contribution in [0.25, 0.3) is 32.9 Å². The molecule has 0 bridgehead atoms. The van der Waals surface area contributed by atoms with Crippen molar-refractivity contribution in [1.82, 2.24) is 19.7 Å². The molecule has 0 radical (unpaired) electrons. The number of carbonyl (C=O) groups excluding carboxylic acids is 2. The maximum absolute atomic E-state index is 13.1. The molecule has 7 nitrogen and oxygen atoms in total. The minimum absolute atomic E-state index is 0.0947. The van der Waals surface area contributed by atoms with E-state index in [0.717, 1.165) is 49.1 Å². The molecule has 4 aromatic rings. The van der Waals surface area contributed by atoms with Crippen LogP contribution in [-0.4, -0.2) is 71.1 Å². The number of phenols is 1. The van der Waals surface area contributed by atoms with Gasteiger partial charge in [0, 0.05) is 76.7 Å². The number of carbonyl (C=O) groups is 2. The summed E-state index contributed by atoms with van der Waals surface area (Å²) in [5, 5.41) is 14.9. The number of halogens is 2. The molecule has 1 fully saturated rings. The Kier molecular flexibility index (Phi) is 5.68. The van der Waals surface area contributed by atoms with Gasteiger partial charge in [0.15, 0.2) is 0 Å². The molecule has 2 aliphatic heterocycles. The fraction of sp³-hybridized carbons (Fsp3) is 0.259. The van der Waals surface area contributed by atoms with Crippen LogP contribution in [0.5, 0.6) is 5.75 Å². The van der Waals surface area contributed by atoms with Gasteiger partial charge in [0.1, 0.15) is 5.75 Å². The fourth-order valence-corrected chi connectivity index (χ4v) is 6.04. The van der Waals surface area contributed by atoms with E-state index in [2.05, 4.69) is 26.7 Å². The van der Waals surface area contributed by atoms with Crippen molar-refractivity contribution >= 4 is 56.8 Å². The maximum atomic E-state index is 13.1. The van der Waals surface area contributed by atoms with E-state index in [1.807, 2.05) is 12.1 Å². The summed E-state index contributed by atoms with van der Waals surface area (Å²) >= 11 is 13.1. The van der Waals surface area contributed by atoms with Gasteiger partial charge in [-0.25, -0.2) is 0 Å². The number of rotatable bonds is 4. The predicted molar refractivity (Wildman–Crippen MR) is 142 cm³/mol. The average molecular weight is 523 g/mol. The highest BCUT2D eigenvalue weighted by atomic mass is 35.5. The monoisotopic (exact) mass is 522 g/mol. The van der Waals surface area contributed by atoms with Gasteiger partial charge in [0.2, 0.25) is 0 Å². The Balaban J connectivity index is 1.62. The number of benzene rings is 3. The van der Waals surface area contributed by atoms with Crippen molar-refractivity contribution < 1.29 is 14.7 Å². The Morgan fingerprint density at radius 3 is 2.28 bits per heavy atom. The normalized spacial score (nSPS) is 16.8. The van der Waals surface area contributed by atoms with E-state index < -0.39 is 11.8 Å². The molecule has 36 heavy (non-hydrogen) atoms. The minimum atomic E-state index is -0.485. The van der Waals surface area contributed by atoms with Gasteiger partial charge in [-0.05, 0) is 43.4 Å². The van der Waals surface area contributed by atoms with Crippen LogP contribution in [-0.2, 0) is 6.54 Å². The number of hydrogen-bond donors (Lipinski definition) is 2. The predicted octanol–water partition coefficient (Wildman–Crippen LogP) is 4.60. The van der Waals surface area contributed by atoms with E-state index in [9.17, 15) is 14.7 Å². The van der Waals surface area contributed by atoms with Crippen LogP contribution in [0.15, 0.2) is 42.5 Å². The number of aromatic hydroxyl groups is 1. The molecule has 2 amide bonds. The Bertz CT molecular complexity index is 1550. The zero-order valence-electron chi connectivity index (χ0n) is 19.6. The first-order valence-electron chi connectivity index (χ1n) is 11.9. The molecule has 9 heteroatoms. The summed E-state index contributed by atoms with van der Waals surface area (Å²) in [5.74, 6) is -0.856. The molecule has 0 saturated carbocycles. The van der Waals surface area contributed by atoms with E-state index in [0.29, 0.717) is 33.1 Å². The van der Waals surface area contributed by atoms with Crippen molar-refractivity contribution in [3.05, 3.63) is 63.6 Å². The lowest BCUT2D eigenvalue weighted by Gasteiger charge is -2.32. The molecule has 3 aromatic carbocycles. The Labute approximate surface area is 217 Å². The summed E-state index contributed by atoms with van der Waals surface area (Å²) in [7, 11) is 2.13. The zero-order valence-corrected chi connectivity index (χ0v) is 21.2. The van der Waals surface area contributed by atoms with Gasteiger partial charge in [-0.3, -0.25) is 19.8 Å². The molecule has 2 aliphatic rings. The number of hydrogen-bond acceptors (Lipinski definition) is 5. The van der Waals surface area contributed by atoms with Gasteiger partial charge in [0.25, 0.3) is 11.8 Å². The molecule has 0 aliphatic carbocycles. The topological polar surface area (TPSA) is 77.8 Å². The number of likely N-dealkylation sites (N-methyl/N-ethyl adjacent to an activating group) is 1. The van der Waals surface area contributed by atoms with Crippen molar-refractivity contribution in [2.24, 2.45) is 0 Å². The van der Waals surface area contributed by atoms with Crippen molar-refractivity contribution in [1.29, 1.82) is 0 Å². The second kappa shape index (κ2) is 8.78. The van der Waals surface area contributed by atoms with Crippen molar-refractivity contribution in [3.8, 4) is 16.9 Å². The van der Waals surface area contributed by atoms with Crippen molar-refractivity contribution in [2.75, 3.05) is 39.8 Å². The fourth-order valence-electron chi connectivity index (χ4n) is 5.44. The molecule has 0 spiro atoms. The van der Waals surface area contributed by atoms with Crippen molar-refractivity contribution in [2.45, 2.75) is 6.54 Å². The van der Waals surface area contributed by atoms with Gasteiger partial charge in [0.05, 0.1) is 16.6 Å². The number of fused-ring (bicyclic) bond motifs is 5. The Morgan fingerprint density at radius 2 is 1.56 bits per heavy atom. The van der Waals surface area contributed by atoms with E-state index in [1.165, 1.54) is 0 Å². The average Bonchev–Trinajstić information content (AvgIpc) is 3.31. The second-order valence-electron chi connectivity index (χ2n) is 9.45.